The van der Waals surface area contributed by atoms with E-state index in [1.807, 2.05) is 0 Å². The highest BCUT2D eigenvalue weighted by Crippen LogP contribution is 2.34. The highest BCUT2D eigenvalue weighted by Gasteiger charge is 2.46. The summed E-state index contributed by atoms with van der Waals surface area (Å²) in [7, 11) is -2.08. The van der Waals surface area contributed by atoms with Crippen LogP contribution in [0.3, 0.4) is 0 Å². The second-order valence-electron chi connectivity index (χ2n) is 10.6. The number of carbonyl (C=O) groups excluding carboxylic acids is 2. The van der Waals surface area contributed by atoms with Crippen molar-refractivity contribution < 1.29 is 32.2 Å². The molecule has 11 nitrogen and oxygen atoms in total. The third-order valence-corrected chi connectivity index (χ3v) is 8.52. The second-order valence-corrected chi connectivity index (χ2v) is 12.6. The van der Waals surface area contributed by atoms with Gasteiger partial charge in [0.25, 0.3) is 0 Å². The summed E-state index contributed by atoms with van der Waals surface area (Å²) in [5.41, 5.74) is 1.49. The molecule has 206 valence electrons. The maximum atomic E-state index is 12.4. The summed E-state index contributed by atoms with van der Waals surface area (Å²) in [5, 5.41) is 5.91. The number of carbonyl (C=O) groups is 2. The van der Waals surface area contributed by atoms with E-state index >= 15 is 0 Å². The molecule has 1 aromatic rings. The van der Waals surface area contributed by atoms with Gasteiger partial charge in [-0.1, -0.05) is 6.07 Å². The predicted octanol–water partition coefficient (Wildman–Crippen LogP) is 1.86. The van der Waals surface area contributed by atoms with Crippen molar-refractivity contribution in [2.45, 2.75) is 69.6 Å². The van der Waals surface area contributed by atoms with E-state index in [4.69, 9.17) is 19.2 Å². The van der Waals surface area contributed by atoms with Crippen molar-refractivity contribution in [1.82, 2.24) is 14.6 Å². The minimum absolute atomic E-state index is 0.0769. The van der Waals surface area contributed by atoms with Crippen LogP contribution >= 0.6 is 0 Å². The molecule has 0 radical (unpaired) electrons. The average Bonchev–Trinajstić information content (AvgIpc) is 2.81. The maximum absolute atomic E-state index is 12.4. The van der Waals surface area contributed by atoms with Crippen LogP contribution in [-0.2, 0) is 41.9 Å². The smallest absolute Gasteiger partial charge is 0.408 e. The summed E-state index contributed by atoms with van der Waals surface area (Å²) in [6.07, 6.45) is 6.91. The number of nitrogens with one attached hydrogen (secondary N) is 2. The van der Waals surface area contributed by atoms with Gasteiger partial charge in [-0.3, -0.25) is 0 Å². The fraction of sp³-hybridized carbons (Fsp3) is 0.720. The predicted molar refractivity (Wildman–Crippen MR) is 137 cm³/mol. The van der Waals surface area contributed by atoms with Crippen LogP contribution in [-0.4, -0.2) is 87.1 Å². The molecule has 37 heavy (non-hydrogen) atoms. The number of nitrogens with zero attached hydrogens (tertiary/aromatic N) is 2. The molecule has 1 aromatic heterocycles. The van der Waals surface area contributed by atoms with Gasteiger partial charge in [-0.2, -0.15) is 4.31 Å². The van der Waals surface area contributed by atoms with Crippen LogP contribution < -0.4 is 10.6 Å². The van der Waals surface area contributed by atoms with Crippen LogP contribution in [0, 0.1) is 5.92 Å². The van der Waals surface area contributed by atoms with Crippen molar-refractivity contribution >= 4 is 27.9 Å². The first-order chi connectivity index (χ1) is 17.5. The van der Waals surface area contributed by atoms with E-state index in [0.29, 0.717) is 12.5 Å². The lowest BCUT2D eigenvalue weighted by Crippen LogP contribution is -2.64. The molecular weight excluding hydrogens is 500 g/mol. The molecule has 2 N–H and O–H groups in total. The number of amides is 1. The second kappa shape index (κ2) is 11.5. The Morgan fingerprint density at radius 3 is 2.76 bits per heavy atom. The van der Waals surface area contributed by atoms with Gasteiger partial charge in [0.2, 0.25) is 10.0 Å². The number of methoxy groups -OCH3 is 1. The van der Waals surface area contributed by atoms with E-state index < -0.39 is 33.7 Å². The van der Waals surface area contributed by atoms with Gasteiger partial charge in [-0.05, 0) is 63.0 Å². The van der Waals surface area contributed by atoms with E-state index in [1.165, 1.54) is 17.0 Å². The number of anilines is 1. The lowest BCUT2D eigenvalue weighted by molar-refractivity contribution is -0.144. The van der Waals surface area contributed by atoms with E-state index in [1.54, 1.807) is 6.92 Å². The molecule has 1 aliphatic carbocycles. The van der Waals surface area contributed by atoms with Crippen LogP contribution in [0.15, 0.2) is 12.1 Å². The largest absolute Gasteiger partial charge is 0.467 e. The van der Waals surface area contributed by atoms with Crippen LogP contribution in [0.25, 0.3) is 0 Å². The molecule has 1 atom stereocenters. The monoisotopic (exact) mass is 538 g/mol. The number of sulfonamides is 1. The van der Waals surface area contributed by atoms with E-state index in [-0.39, 0.29) is 25.6 Å². The topological polar surface area (TPSA) is 136 Å². The molecule has 3 aliphatic rings. The number of alkyl carbamates (subject to hydrolysis) is 1. The maximum Gasteiger partial charge on any atom is 0.408 e. The van der Waals surface area contributed by atoms with Gasteiger partial charge in [-0.25, -0.2) is 23.0 Å². The van der Waals surface area contributed by atoms with Crippen LogP contribution in [0.5, 0.6) is 0 Å². The molecule has 1 amide bonds. The fourth-order valence-electron chi connectivity index (χ4n) is 5.04. The number of aromatic nitrogens is 1. The Hall–Kier alpha value is -2.44. The van der Waals surface area contributed by atoms with E-state index in [2.05, 4.69) is 22.8 Å². The number of hydrogen-bond acceptors (Lipinski definition) is 9. The molecule has 1 saturated carbocycles. The Balaban J connectivity index is 1.13. The zero-order chi connectivity index (χ0) is 26.6. The molecule has 2 aliphatic heterocycles. The Morgan fingerprint density at radius 2 is 2.05 bits per heavy atom. The molecule has 4 rings (SSSR count). The third-order valence-electron chi connectivity index (χ3n) is 7.32. The number of hydrogen-bond donors (Lipinski definition) is 2. The molecular formula is C25H38N4O7S. The van der Waals surface area contributed by atoms with Crippen molar-refractivity contribution in [2.24, 2.45) is 5.92 Å². The Bertz CT molecular complexity index is 1080. The molecule has 0 spiro atoms. The average molecular weight is 539 g/mol. The van der Waals surface area contributed by atoms with Gasteiger partial charge in [-0.15, -0.1) is 0 Å². The Morgan fingerprint density at radius 1 is 1.30 bits per heavy atom. The van der Waals surface area contributed by atoms with Gasteiger partial charge in [0.15, 0.2) is 0 Å². The molecule has 2 fully saturated rings. The molecule has 1 unspecified atom stereocenters. The van der Waals surface area contributed by atoms with E-state index in [0.717, 1.165) is 62.8 Å². The summed E-state index contributed by atoms with van der Waals surface area (Å²) in [6.45, 7) is 3.09. The normalized spacial score (nSPS) is 23.4. The molecule has 12 heteroatoms. The molecule has 0 aromatic carbocycles. The van der Waals surface area contributed by atoms with Crippen LogP contribution in [0.2, 0.25) is 0 Å². The number of ether oxygens (including phenoxy) is 3. The van der Waals surface area contributed by atoms with Crippen molar-refractivity contribution in [2.75, 3.05) is 44.9 Å². The van der Waals surface area contributed by atoms with Crippen molar-refractivity contribution in [1.29, 1.82) is 0 Å². The number of aryl methyl sites for hydroxylation is 2. The van der Waals surface area contributed by atoms with Crippen molar-refractivity contribution in [3.8, 4) is 0 Å². The summed E-state index contributed by atoms with van der Waals surface area (Å²) < 4.78 is 40.4. The zero-order valence-electron chi connectivity index (χ0n) is 21.8. The third kappa shape index (κ3) is 7.32. The summed E-state index contributed by atoms with van der Waals surface area (Å²) in [5.74, 6) is 1.04. The fourth-order valence-corrected chi connectivity index (χ4v) is 6.06. The first-order valence-corrected chi connectivity index (χ1v) is 14.8. The first kappa shape index (κ1) is 27.6. The molecule has 3 heterocycles. The lowest BCUT2D eigenvalue weighted by Gasteiger charge is -2.45. The number of rotatable bonds is 11. The quantitative estimate of drug-likeness (QED) is 0.405. The standard InChI is InChI=1S/C25H38N4O7S/c1-25(15-29(16-25)37(3,32)33)36-24(31)28-21(23(30)34-2)10-12-35-20-13-17(14-20)6-8-19-9-7-18-5-4-11-26-22(18)27-19/h7,9,17,20-21H,4-6,8,10-16H2,1-3H3,(H,26,27)(H,28,31)/t17-,20-,21?. The number of esters is 1. The molecule has 1 saturated heterocycles. The summed E-state index contributed by atoms with van der Waals surface area (Å²) >= 11 is 0. The van der Waals surface area contributed by atoms with Crippen molar-refractivity contribution in [3.05, 3.63) is 23.4 Å². The number of pyridine rings is 1. The van der Waals surface area contributed by atoms with Gasteiger partial charge >= 0.3 is 12.1 Å². The Labute approximate surface area is 218 Å². The molecule has 0 bridgehead atoms. The Kier molecular flexibility index (Phi) is 8.59. The lowest BCUT2D eigenvalue weighted by atomic mass is 9.79. The van der Waals surface area contributed by atoms with Crippen LogP contribution in [0.1, 0.15) is 50.3 Å². The minimum Gasteiger partial charge on any atom is -0.467 e. The highest BCUT2D eigenvalue weighted by molar-refractivity contribution is 7.88. The van der Waals surface area contributed by atoms with Gasteiger partial charge in [0, 0.05) is 25.3 Å². The van der Waals surface area contributed by atoms with Gasteiger partial charge < -0.3 is 24.8 Å². The number of fused-ring (bicyclic) bond motifs is 1. The van der Waals surface area contributed by atoms with Crippen molar-refractivity contribution in [3.63, 3.8) is 0 Å². The van der Waals surface area contributed by atoms with E-state index in [9.17, 15) is 18.0 Å². The van der Waals surface area contributed by atoms with Crippen LogP contribution in [0.4, 0.5) is 10.6 Å². The zero-order valence-corrected chi connectivity index (χ0v) is 22.6. The summed E-state index contributed by atoms with van der Waals surface area (Å²) in [6, 6.07) is 3.41. The summed E-state index contributed by atoms with van der Waals surface area (Å²) in [4.78, 5) is 29.3. The SMILES string of the molecule is COC(=O)C(CCO[C@H]1C[C@H](CCc2ccc3c(n2)NCCC3)C1)NC(=O)OC1(C)CN(S(C)(=O)=O)C1. The van der Waals surface area contributed by atoms with Gasteiger partial charge in [0.1, 0.15) is 17.5 Å². The minimum atomic E-state index is -3.33. The van der Waals surface area contributed by atoms with Gasteiger partial charge in [0.05, 0.1) is 32.6 Å². The first-order valence-electron chi connectivity index (χ1n) is 12.9. The highest BCUT2D eigenvalue weighted by atomic mass is 32.2.